The Balaban J connectivity index is 2.12. The number of aromatic nitrogens is 3. The minimum atomic E-state index is -0.942. The van der Waals surface area contributed by atoms with Gasteiger partial charge in [0, 0.05) is 4.88 Å². The molecule has 8 heteroatoms. The molecule has 0 amide bonds. The number of hydrogen-bond acceptors (Lipinski definition) is 7. The number of carboxylic acid groups (broad SMARTS) is 1. The molecule has 0 spiro atoms. The summed E-state index contributed by atoms with van der Waals surface area (Å²) in [6, 6.07) is 0. The van der Waals surface area contributed by atoms with Gasteiger partial charge in [0.1, 0.15) is 21.9 Å². The maximum atomic E-state index is 11.2. The Morgan fingerprint density at radius 3 is 2.62 bits per heavy atom. The summed E-state index contributed by atoms with van der Waals surface area (Å²) < 4.78 is 0. The molecular weight excluding hydrogens is 308 g/mol. The molecule has 3 heterocycles. The fourth-order valence-corrected chi connectivity index (χ4v) is 3.80. The van der Waals surface area contributed by atoms with E-state index < -0.39 is 5.97 Å². The van der Waals surface area contributed by atoms with Crippen LogP contribution < -0.4 is 5.32 Å². The largest absolute Gasteiger partial charge is 0.477 e. The predicted molar refractivity (Wildman–Crippen MR) is 84.0 cm³/mol. The zero-order chi connectivity index (χ0) is 15.1. The van der Waals surface area contributed by atoms with Gasteiger partial charge in [0.25, 0.3) is 0 Å². The van der Waals surface area contributed by atoms with Gasteiger partial charge in [-0.15, -0.1) is 22.7 Å². The number of carboxylic acids is 1. The molecule has 21 heavy (non-hydrogen) atoms. The molecule has 0 aromatic carbocycles. The second kappa shape index (κ2) is 5.05. The number of nitrogens with one attached hydrogen (secondary N) is 1. The van der Waals surface area contributed by atoms with Crippen molar-refractivity contribution in [3.63, 3.8) is 0 Å². The smallest absolute Gasteiger partial charge is 0.346 e. The lowest BCUT2D eigenvalue weighted by atomic mass is 10.2. The van der Waals surface area contributed by atoms with E-state index in [1.807, 2.05) is 13.8 Å². The first-order chi connectivity index (χ1) is 9.97. The summed E-state index contributed by atoms with van der Waals surface area (Å²) in [6.45, 7) is 5.73. The van der Waals surface area contributed by atoms with Gasteiger partial charge in [0.15, 0.2) is 5.13 Å². The van der Waals surface area contributed by atoms with E-state index in [0.717, 1.165) is 32.4 Å². The molecule has 0 bridgehead atoms. The molecule has 3 aromatic heterocycles. The van der Waals surface area contributed by atoms with Crippen LogP contribution in [0.25, 0.3) is 10.2 Å². The highest BCUT2D eigenvalue weighted by Gasteiger charge is 2.19. The standard InChI is InChI=1S/C13H12N4O2S2/c1-5-8-10(17-13-16-6(2)7(3)20-13)14-4-15-11(8)21-9(5)12(18)19/h4H,1-3H3,(H,18,19)(H,14,15,16,17). The van der Waals surface area contributed by atoms with E-state index in [2.05, 4.69) is 20.3 Å². The third-order valence-electron chi connectivity index (χ3n) is 3.17. The lowest BCUT2D eigenvalue weighted by Gasteiger charge is -2.03. The highest BCUT2D eigenvalue weighted by molar-refractivity contribution is 7.20. The first-order valence-corrected chi connectivity index (χ1v) is 7.79. The molecule has 0 aliphatic carbocycles. The van der Waals surface area contributed by atoms with Gasteiger partial charge < -0.3 is 10.4 Å². The van der Waals surface area contributed by atoms with E-state index in [0.29, 0.717) is 21.1 Å². The quantitative estimate of drug-likeness (QED) is 0.767. The summed E-state index contributed by atoms with van der Waals surface area (Å²) >= 11 is 2.70. The summed E-state index contributed by atoms with van der Waals surface area (Å²) in [5, 5.41) is 13.9. The first-order valence-electron chi connectivity index (χ1n) is 6.16. The molecule has 0 saturated carbocycles. The maximum Gasteiger partial charge on any atom is 0.346 e. The topological polar surface area (TPSA) is 88.0 Å². The summed E-state index contributed by atoms with van der Waals surface area (Å²) in [6.07, 6.45) is 1.43. The average molecular weight is 320 g/mol. The molecule has 6 nitrogen and oxygen atoms in total. The van der Waals surface area contributed by atoms with Crippen LogP contribution in [0.5, 0.6) is 0 Å². The normalized spacial score (nSPS) is 11.0. The van der Waals surface area contributed by atoms with Crippen LogP contribution in [0.3, 0.4) is 0 Å². The lowest BCUT2D eigenvalue weighted by Crippen LogP contribution is -1.97. The zero-order valence-corrected chi connectivity index (χ0v) is 13.2. The molecule has 0 atom stereocenters. The highest BCUT2D eigenvalue weighted by Crippen LogP contribution is 2.35. The number of anilines is 2. The van der Waals surface area contributed by atoms with Crippen molar-refractivity contribution in [3.05, 3.63) is 27.3 Å². The number of aryl methyl sites for hydroxylation is 3. The van der Waals surface area contributed by atoms with Gasteiger partial charge in [-0.1, -0.05) is 0 Å². The Hall–Kier alpha value is -2.06. The SMILES string of the molecule is Cc1nc(Nc2ncnc3sc(C(=O)O)c(C)c23)sc1C. The van der Waals surface area contributed by atoms with Gasteiger partial charge >= 0.3 is 5.97 Å². The number of rotatable bonds is 3. The van der Waals surface area contributed by atoms with Crippen molar-refractivity contribution in [3.8, 4) is 0 Å². The van der Waals surface area contributed by atoms with Gasteiger partial charge in [0.2, 0.25) is 0 Å². The summed E-state index contributed by atoms with van der Waals surface area (Å²) in [4.78, 5) is 26.1. The van der Waals surface area contributed by atoms with Crippen molar-refractivity contribution in [2.45, 2.75) is 20.8 Å². The van der Waals surface area contributed by atoms with Gasteiger partial charge in [0.05, 0.1) is 11.1 Å². The number of fused-ring (bicyclic) bond motifs is 1. The van der Waals surface area contributed by atoms with E-state index in [9.17, 15) is 9.90 Å². The highest BCUT2D eigenvalue weighted by atomic mass is 32.1. The van der Waals surface area contributed by atoms with Crippen molar-refractivity contribution in [2.75, 3.05) is 5.32 Å². The third-order valence-corrected chi connectivity index (χ3v) is 5.35. The van der Waals surface area contributed by atoms with E-state index in [4.69, 9.17) is 0 Å². The van der Waals surface area contributed by atoms with Crippen LogP contribution in [-0.4, -0.2) is 26.0 Å². The predicted octanol–water partition coefficient (Wildman–Crippen LogP) is 3.51. The molecule has 0 saturated heterocycles. The van der Waals surface area contributed by atoms with Crippen LogP contribution in [0.1, 0.15) is 25.8 Å². The Bertz CT molecular complexity index is 834. The summed E-state index contributed by atoms with van der Waals surface area (Å²) in [5.74, 6) is -0.350. The van der Waals surface area contributed by atoms with Crippen LogP contribution in [0.2, 0.25) is 0 Å². The van der Waals surface area contributed by atoms with Crippen molar-refractivity contribution in [1.82, 2.24) is 15.0 Å². The third kappa shape index (κ3) is 2.36. The molecule has 2 N–H and O–H groups in total. The summed E-state index contributed by atoms with van der Waals surface area (Å²) in [5.41, 5.74) is 1.65. The van der Waals surface area contributed by atoms with Crippen LogP contribution in [-0.2, 0) is 0 Å². The van der Waals surface area contributed by atoms with Crippen LogP contribution >= 0.6 is 22.7 Å². The van der Waals surface area contributed by atoms with Crippen LogP contribution in [0.4, 0.5) is 10.9 Å². The Kier molecular flexibility index (Phi) is 3.34. The zero-order valence-electron chi connectivity index (χ0n) is 11.6. The molecule has 0 aliphatic rings. The molecular formula is C13H12N4O2S2. The van der Waals surface area contributed by atoms with Crippen molar-refractivity contribution in [2.24, 2.45) is 0 Å². The van der Waals surface area contributed by atoms with E-state index >= 15 is 0 Å². The monoisotopic (exact) mass is 320 g/mol. The van der Waals surface area contributed by atoms with E-state index in [-0.39, 0.29) is 0 Å². The number of thiazole rings is 1. The Morgan fingerprint density at radius 2 is 2.00 bits per heavy atom. The second-order valence-corrected chi connectivity index (χ2v) is 6.75. The minimum absolute atomic E-state index is 0.292. The van der Waals surface area contributed by atoms with Crippen LogP contribution in [0.15, 0.2) is 6.33 Å². The molecule has 0 radical (unpaired) electrons. The van der Waals surface area contributed by atoms with E-state index in [1.54, 1.807) is 18.3 Å². The number of thiophene rings is 1. The van der Waals surface area contributed by atoms with Gasteiger partial charge in [-0.2, -0.15) is 0 Å². The average Bonchev–Trinajstić information content (AvgIpc) is 2.92. The van der Waals surface area contributed by atoms with Crippen molar-refractivity contribution >= 4 is 49.8 Å². The Morgan fingerprint density at radius 1 is 1.24 bits per heavy atom. The molecule has 108 valence electrons. The fraction of sp³-hybridized carbons (Fsp3) is 0.231. The van der Waals surface area contributed by atoms with Crippen molar-refractivity contribution < 1.29 is 9.90 Å². The molecule has 3 rings (SSSR count). The minimum Gasteiger partial charge on any atom is -0.477 e. The van der Waals surface area contributed by atoms with Crippen molar-refractivity contribution in [1.29, 1.82) is 0 Å². The first kappa shape index (κ1) is 13.9. The maximum absolute atomic E-state index is 11.2. The summed E-state index contributed by atoms with van der Waals surface area (Å²) in [7, 11) is 0. The molecule has 0 aliphatic heterocycles. The van der Waals surface area contributed by atoms with E-state index in [1.165, 1.54) is 6.33 Å². The molecule has 0 unspecified atom stereocenters. The number of hydrogen-bond donors (Lipinski definition) is 2. The second-order valence-electron chi connectivity index (χ2n) is 4.55. The number of nitrogens with zero attached hydrogens (tertiary/aromatic N) is 3. The van der Waals surface area contributed by atoms with Gasteiger partial charge in [-0.05, 0) is 26.3 Å². The Labute approximate surface area is 128 Å². The number of carbonyl (C=O) groups is 1. The number of aromatic carboxylic acids is 1. The lowest BCUT2D eigenvalue weighted by molar-refractivity contribution is 0.0701. The fourth-order valence-electron chi connectivity index (χ4n) is 2.00. The molecule has 3 aromatic rings. The molecule has 0 fully saturated rings. The van der Waals surface area contributed by atoms with Crippen LogP contribution in [0, 0.1) is 20.8 Å². The van der Waals surface area contributed by atoms with Gasteiger partial charge in [-0.3, -0.25) is 0 Å². The van der Waals surface area contributed by atoms with Gasteiger partial charge in [-0.25, -0.2) is 19.7 Å².